The number of nitrogens with zero attached hydrogens (tertiary/aromatic N) is 1. The molecule has 3 aromatic rings. The largest absolute Gasteiger partial charge is 0.322 e. The lowest BCUT2D eigenvalue weighted by Gasteiger charge is -2.14. The van der Waals surface area contributed by atoms with Gasteiger partial charge in [-0.2, -0.15) is 0 Å². The highest BCUT2D eigenvalue weighted by Gasteiger charge is 2.24. The van der Waals surface area contributed by atoms with Gasteiger partial charge < -0.3 is 5.32 Å². The van der Waals surface area contributed by atoms with Gasteiger partial charge in [0.05, 0.1) is 11.1 Å². The van der Waals surface area contributed by atoms with Crippen molar-refractivity contribution in [2.45, 2.75) is 39.0 Å². The van der Waals surface area contributed by atoms with Gasteiger partial charge in [-0.15, -0.1) is 0 Å². The molecule has 1 aliphatic rings. The Morgan fingerprint density at radius 2 is 1.88 bits per heavy atom. The van der Waals surface area contributed by atoms with Gasteiger partial charge >= 0.3 is 0 Å². The van der Waals surface area contributed by atoms with E-state index in [2.05, 4.69) is 31.3 Å². The van der Waals surface area contributed by atoms with Gasteiger partial charge in [-0.1, -0.05) is 37.6 Å². The first-order valence-corrected chi connectivity index (χ1v) is 9.43. The van der Waals surface area contributed by atoms with Crippen molar-refractivity contribution in [2.75, 3.05) is 5.32 Å². The van der Waals surface area contributed by atoms with E-state index in [1.165, 1.54) is 5.56 Å². The minimum atomic E-state index is -0.0879. The molecule has 2 aromatic carbocycles. The molecular formula is C22H21ClN2O. The Balaban J connectivity index is 1.75. The number of halogens is 1. The minimum absolute atomic E-state index is 0.0879. The molecule has 0 saturated carbocycles. The maximum atomic E-state index is 13.1. The van der Waals surface area contributed by atoms with Crippen molar-refractivity contribution in [1.82, 2.24) is 4.98 Å². The van der Waals surface area contributed by atoms with Crippen LogP contribution in [0.2, 0.25) is 5.02 Å². The first-order chi connectivity index (χ1) is 12.5. The molecule has 0 saturated heterocycles. The molecule has 4 heteroatoms. The van der Waals surface area contributed by atoms with E-state index in [0.29, 0.717) is 10.9 Å². The second-order valence-electron chi connectivity index (χ2n) is 7.16. The summed E-state index contributed by atoms with van der Waals surface area (Å²) in [5.41, 5.74) is 5.72. The summed E-state index contributed by atoms with van der Waals surface area (Å²) in [6, 6.07) is 13.6. The van der Waals surface area contributed by atoms with Crippen LogP contribution >= 0.6 is 11.6 Å². The smallest absolute Gasteiger partial charge is 0.256 e. The van der Waals surface area contributed by atoms with Gasteiger partial charge in [-0.05, 0) is 66.6 Å². The van der Waals surface area contributed by atoms with E-state index >= 15 is 0 Å². The van der Waals surface area contributed by atoms with E-state index in [1.807, 2.05) is 30.3 Å². The Bertz CT molecular complexity index is 993. The third kappa shape index (κ3) is 3.08. The molecule has 1 heterocycles. The number of hydrogen-bond donors (Lipinski definition) is 1. The lowest BCUT2D eigenvalue weighted by Crippen LogP contribution is -2.15. The van der Waals surface area contributed by atoms with Crippen LogP contribution in [0.3, 0.4) is 0 Å². The summed E-state index contributed by atoms with van der Waals surface area (Å²) in [6.07, 6.45) is 2.85. The molecule has 26 heavy (non-hydrogen) atoms. The van der Waals surface area contributed by atoms with E-state index in [1.54, 1.807) is 0 Å². The minimum Gasteiger partial charge on any atom is -0.322 e. The molecule has 1 amide bonds. The van der Waals surface area contributed by atoms with Crippen LogP contribution in [0.15, 0.2) is 42.5 Å². The Kier molecular flexibility index (Phi) is 4.41. The summed E-state index contributed by atoms with van der Waals surface area (Å²) < 4.78 is 0. The van der Waals surface area contributed by atoms with Gasteiger partial charge in [-0.25, -0.2) is 0 Å². The van der Waals surface area contributed by atoms with Gasteiger partial charge in [0.25, 0.3) is 5.91 Å². The number of carbonyl (C=O) groups is 1. The molecule has 0 radical (unpaired) electrons. The number of fused-ring (bicyclic) bond motifs is 2. The molecule has 0 bridgehead atoms. The number of aromatic nitrogens is 1. The quantitative estimate of drug-likeness (QED) is 0.642. The fraction of sp³-hybridized carbons (Fsp3) is 0.273. The Morgan fingerprint density at radius 1 is 1.12 bits per heavy atom. The molecule has 0 spiro atoms. The number of benzene rings is 2. The van der Waals surface area contributed by atoms with Crippen molar-refractivity contribution in [1.29, 1.82) is 0 Å². The van der Waals surface area contributed by atoms with Crippen LogP contribution in [0.25, 0.3) is 10.9 Å². The highest BCUT2D eigenvalue weighted by atomic mass is 35.5. The predicted molar refractivity (Wildman–Crippen MR) is 107 cm³/mol. The normalized spacial score (nSPS) is 13.2. The molecule has 0 atom stereocenters. The van der Waals surface area contributed by atoms with Gasteiger partial charge in [0, 0.05) is 21.8 Å². The highest BCUT2D eigenvalue weighted by molar-refractivity contribution is 6.31. The van der Waals surface area contributed by atoms with Crippen molar-refractivity contribution in [3.8, 4) is 0 Å². The number of aryl methyl sites for hydroxylation is 1. The summed E-state index contributed by atoms with van der Waals surface area (Å²) >= 11 is 6.19. The zero-order chi connectivity index (χ0) is 18.3. The van der Waals surface area contributed by atoms with E-state index < -0.39 is 0 Å². The molecule has 132 valence electrons. The summed E-state index contributed by atoms with van der Waals surface area (Å²) in [6.45, 7) is 4.31. The SMILES string of the molecule is CC(C)c1ccc(NC(=O)c2c3c(nc4ccc(Cl)cc24)CCC3)cc1. The monoisotopic (exact) mass is 364 g/mol. The second kappa shape index (κ2) is 6.73. The third-order valence-electron chi connectivity index (χ3n) is 5.04. The molecule has 0 fully saturated rings. The number of carbonyl (C=O) groups excluding carboxylic acids is 1. The number of rotatable bonds is 3. The van der Waals surface area contributed by atoms with E-state index in [4.69, 9.17) is 16.6 Å². The zero-order valence-corrected chi connectivity index (χ0v) is 15.7. The van der Waals surface area contributed by atoms with Crippen LogP contribution < -0.4 is 5.32 Å². The number of amides is 1. The maximum absolute atomic E-state index is 13.1. The molecule has 4 rings (SSSR count). The first kappa shape index (κ1) is 17.0. The van der Waals surface area contributed by atoms with E-state index in [0.717, 1.165) is 52.7 Å². The van der Waals surface area contributed by atoms with Crippen molar-refractivity contribution in [3.63, 3.8) is 0 Å². The molecule has 1 aliphatic carbocycles. The fourth-order valence-electron chi connectivity index (χ4n) is 3.64. The van der Waals surface area contributed by atoms with Crippen LogP contribution in [0.5, 0.6) is 0 Å². The van der Waals surface area contributed by atoms with E-state index in [9.17, 15) is 4.79 Å². The van der Waals surface area contributed by atoms with Crippen LogP contribution in [0, 0.1) is 0 Å². The van der Waals surface area contributed by atoms with Crippen LogP contribution in [0.4, 0.5) is 5.69 Å². The number of pyridine rings is 1. The predicted octanol–water partition coefficient (Wildman–Crippen LogP) is 5.75. The highest BCUT2D eigenvalue weighted by Crippen LogP contribution is 2.32. The summed E-state index contributed by atoms with van der Waals surface area (Å²) in [5.74, 6) is 0.379. The Labute approximate surface area is 158 Å². The number of hydrogen-bond acceptors (Lipinski definition) is 2. The lowest BCUT2D eigenvalue weighted by atomic mass is 10.00. The summed E-state index contributed by atoms with van der Waals surface area (Å²) in [5, 5.41) is 4.50. The van der Waals surface area contributed by atoms with Crippen LogP contribution in [0.1, 0.15) is 53.4 Å². The third-order valence-corrected chi connectivity index (χ3v) is 5.27. The van der Waals surface area contributed by atoms with Gasteiger partial charge in [0.2, 0.25) is 0 Å². The van der Waals surface area contributed by atoms with E-state index in [-0.39, 0.29) is 5.91 Å². The Hall–Kier alpha value is -2.39. The topological polar surface area (TPSA) is 42.0 Å². The van der Waals surface area contributed by atoms with Crippen LogP contribution in [-0.2, 0) is 12.8 Å². The molecule has 0 aliphatic heterocycles. The van der Waals surface area contributed by atoms with Gasteiger partial charge in [0.1, 0.15) is 0 Å². The van der Waals surface area contributed by atoms with Gasteiger partial charge in [0.15, 0.2) is 0 Å². The lowest BCUT2D eigenvalue weighted by molar-refractivity contribution is 0.102. The first-order valence-electron chi connectivity index (χ1n) is 9.05. The van der Waals surface area contributed by atoms with Gasteiger partial charge in [-0.3, -0.25) is 9.78 Å². The molecule has 1 N–H and O–H groups in total. The number of nitrogens with one attached hydrogen (secondary N) is 1. The summed E-state index contributed by atoms with van der Waals surface area (Å²) in [7, 11) is 0. The second-order valence-corrected chi connectivity index (χ2v) is 7.59. The molecule has 3 nitrogen and oxygen atoms in total. The maximum Gasteiger partial charge on any atom is 0.256 e. The van der Waals surface area contributed by atoms with Crippen molar-refractivity contribution < 1.29 is 4.79 Å². The molecule has 1 aromatic heterocycles. The van der Waals surface area contributed by atoms with Crippen molar-refractivity contribution in [3.05, 3.63) is 69.9 Å². The average molecular weight is 365 g/mol. The van der Waals surface area contributed by atoms with Crippen molar-refractivity contribution >= 4 is 34.1 Å². The number of anilines is 1. The summed E-state index contributed by atoms with van der Waals surface area (Å²) in [4.78, 5) is 17.9. The average Bonchev–Trinajstić information content (AvgIpc) is 3.08. The standard InChI is InChI=1S/C22H21ClN2O/c1-13(2)14-6-9-16(10-7-14)24-22(26)21-17-4-3-5-19(17)25-20-11-8-15(23)12-18(20)21/h6-13H,3-5H2,1-2H3,(H,24,26). The Morgan fingerprint density at radius 3 is 2.62 bits per heavy atom. The van der Waals surface area contributed by atoms with Crippen molar-refractivity contribution in [2.24, 2.45) is 0 Å². The molecular weight excluding hydrogens is 344 g/mol. The fourth-order valence-corrected chi connectivity index (χ4v) is 3.81. The van der Waals surface area contributed by atoms with Crippen LogP contribution in [-0.4, -0.2) is 10.9 Å². The zero-order valence-electron chi connectivity index (χ0n) is 15.0. The molecule has 0 unspecified atom stereocenters.